The highest BCUT2D eigenvalue weighted by molar-refractivity contribution is 5.77. The Hall–Kier alpha value is -2.18. The molecule has 0 unspecified atom stereocenters. The number of carbonyl (C=O) groups excluding carboxylic acids is 1. The van der Waals surface area contributed by atoms with E-state index in [9.17, 15) is 19.3 Å². The molecule has 0 aliphatic rings. The topological polar surface area (TPSA) is 95.5 Å². The molecule has 0 spiro atoms. The largest absolute Gasteiger partial charge is 0.469 e. The highest BCUT2D eigenvalue weighted by Gasteiger charge is 2.19. The summed E-state index contributed by atoms with van der Waals surface area (Å²) in [5, 5.41) is 10.5. The summed E-state index contributed by atoms with van der Waals surface area (Å²) in [6, 6.07) is 1.68. The first-order valence-electron chi connectivity index (χ1n) is 4.24. The molecule has 16 heavy (non-hydrogen) atoms. The SMILES string of the molecule is COC(=O)Cc1cc(F)cc([N+](=O)[O-])c1N. The van der Waals surface area contributed by atoms with Gasteiger partial charge in [-0.05, 0) is 11.6 Å². The summed E-state index contributed by atoms with van der Waals surface area (Å²) in [7, 11) is 1.16. The molecule has 1 aromatic rings. The van der Waals surface area contributed by atoms with Crippen LogP contribution in [0.2, 0.25) is 0 Å². The van der Waals surface area contributed by atoms with Crippen LogP contribution < -0.4 is 5.73 Å². The number of halogens is 1. The van der Waals surface area contributed by atoms with E-state index in [0.29, 0.717) is 6.07 Å². The number of ether oxygens (including phenoxy) is 1. The molecule has 2 N–H and O–H groups in total. The summed E-state index contributed by atoms with van der Waals surface area (Å²) < 4.78 is 17.4. The average Bonchev–Trinajstić information content (AvgIpc) is 2.22. The molecule has 1 aromatic carbocycles. The lowest BCUT2D eigenvalue weighted by Gasteiger charge is -2.05. The second kappa shape index (κ2) is 4.56. The molecule has 0 atom stereocenters. The number of benzene rings is 1. The van der Waals surface area contributed by atoms with Gasteiger partial charge in [0, 0.05) is 0 Å². The number of carbonyl (C=O) groups is 1. The summed E-state index contributed by atoms with van der Waals surface area (Å²) in [6.07, 6.45) is -0.305. The van der Waals surface area contributed by atoms with Gasteiger partial charge in [0.05, 0.1) is 24.5 Å². The van der Waals surface area contributed by atoms with Gasteiger partial charge >= 0.3 is 5.97 Å². The summed E-state index contributed by atoms with van der Waals surface area (Å²) in [4.78, 5) is 20.7. The molecule has 6 nitrogen and oxygen atoms in total. The Balaban J connectivity index is 3.19. The molecule has 0 amide bonds. The minimum Gasteiger partial charge on any atom is -0.469 e. The van der Waals surface area contributed by atoms with E-state index >= 15 is 0 Å². The van der Waals surface area contributed by atoms with Gasteiger partial charge in [-0.2, -0.15) is 0 Å². The second-order valence-electron chi connectivity index (χ2n) is 3.01. The van der Waals surface area contributed by atoms with E-state index in [1.165, 1.54) is 0 Å². The van der Waals surface area contributed by atoms with Crippen molar-refractivity contribution in [2.24, 2.45) is 0 Å². The number of methoxy groups -OCH3 is 1. The number of hydrogen-bond acceptors (Lipinski definition) is 5. The van der Waals surface area contributed by atoms with Gasteiger partial charge in [-0.3, -0.25) is 14.9 Å². The van der Waals surface area contributed by atoms with Crippen molar-refractivity contribution in [1.29, 1.82) is 0 Å². The average molecular weight is 228 g/mol. The van der Waals surface area contributed by atoms with Crippen molar-refractivity contribution in [3.05, 3.63) is 33.6 Å². The molecule has 0 aliphatic carbocycles. The van der Waals surface area contributed by atoms with Gasteiger partial charge in [0.25, 0.3) is 5.69 Å². The summed E-state index contributed by atoms with van der Waals surface area (Å²) in [5.74, 6) is -1.47. The number of nitrogens with zero attached hydrogens (tertiary/aromatic N) is 1. The fraction of sp³-hybridized carbons (Fsp3) is 0.222. The number of nitrogen functional groups attached to an aromatic ring is 1. The number of esters is 1. The lowest BCUT2D eigenvalue weighted by atomic mass is 10.1. The van der Waals surface area contributed by atoms with Crippen LogP contribution in [0.1, 0.15) is 5.56 Å². The van der Waals surface area contributed by atoms with Crippen LogP contribution in [0.5, 0.6) is 0 Å². The zero-order chi connectivity index (χ0) is 12.3. The smallest absolute Gasteiger partial charge is 0.310 e. The second-order valence-corrected chi connectivity index (χ2v) is 3.01. The fourth-order valence-electron chi connectivity index (χ4n) is 1.18. The minimum absolute atomic E-state index is 0.0403. The molecule has 0 saturated heterocycles. The number of nitrogens with two attached hydrogens (primary N) is 1. The van der Waals surface area contributed by atoms with Crippen molar-refractivity contribution >= 4 is 17.3 Å². The number of nitro benzene ring substituents is 1. The molecular weight excluding hydrogens is 219 g/mol. The van der Waals surface area contributed by atoms with E-state index in [4.69, 9.17) is 5.73 Å². The Morgan fingerprint density at radius 3 is 2.75 bits per heavy atom. The predicted octanol–water partition coefficient (Wildman–Crippen LogP) is 1.03. The molecular formula is C9H9FN2O4. The lowest BCUT2D eigenvalue weighted by molar-refractivity contribution is -0.384. The molecule has 7 heteroatoms. The minimum atomic E-state index is -0.820. The Morgan fingerprint density at radius 2 is 2.25 bits per heavy atom. The molecule has 1 rings (SSSR count). The van der Waals surface area contributed by atoms with Gasteiger partial charge < -0.3 is 10.5 Å². The Bertz CT molecular complexity index is 447. The summed E-state index contributed by atoms with van der Waals surface area (Å²) in [6.45, 7) is 0. The standard InChI is InChI=1S/C9H9FN2O4/c1-16-8(13)3-5-2-6(10)4-7(9(5)11)12(14)15/h2,4H,3,11H2,1H3. The van der Waals surface area contributed by atoms with Crippen molar-refractivity contribution in [2.45, 2.75) is 6.42 Å². The van der Waals surface area contributed by atoms with Crippen LogP contribution in [0.4, 0.5) is 15.8 Å². The Kier molecular flexibility index (Phi) is 3.39. The van der Waals surface area contributed by atoms with E-state index < -0.39 is 22.4 Å². The number of nitro groups is 1. The number of anilines is 1. The van der Waals surface area contributed by atoms with Crippen LogP contribution in [0, 0.1) is 15.9 Å². The zero-order valence-electron chi connectivity index (χ0n) is 8.40. The van der Waals surface area contributed by atoms with Gasteiger partial charge in [-0.1, -0.05) is 0 Å². The maximum Gasteiger partial charge on any atom is 0.310 e. The van der Waals surface area contributed by atoms with E-state index in [0.717, 1.165) is 13.2 Å². The third-order valence-electron chi connectivity index (χ3n) is 1.97. The van der Waals surface area contributed by atoms with Gasteiger partial charge in [0.15, 0.2) is 0 Å². The first-order valence-corrected chi connectivity index (χ1v) is 4.24. The van der Waals surface area contributed by atoms with E-state index in [2.05, 4.69) is 4.74 Å². The van der Waals surface area contributed by atoms with Crippen LogP contribution >= 0.6 is 0 Å². The molecule has 0 aromatic heterocycles. The van der Waals surface area contributed by atoms with E-state index in [1.54, 1.807) is 0 Å². The molecule has 0 fully saturated rings. The van der Waals surface area contributed by atoms with Gasteiger partial charge in [0.1, 0.15) is 11.5 Å². The predicted molar refractivity (Wildman–Crippen MR) is 53.2 cm³/mol. The summed E-state index contributed by atoms with van der Waals surface area (Å²) in [5.41, 5.74) is 4.70. The Morgan fingerprint density at radius 1 is 1.62 bits per heavy atom. The number of rotatable bonds is 3. The zero-order valence-corrected chi connectivity index (χ0v) is 8.40. The third-order valence-corrected chi connectivity index (χ3v) is 1.97. The van der Waals surface area contributed by atoms with Crippen LogP contribution in [0.15, 0.2) is 12.1 Å². The molecule has 0 bridgehead atoms. The highest BCUT2D eigenvalue weighted by atomic mass is 19.1. The maximum atomic E-state index is 13.0. The monoisotopic (exact) mass is 228 g/mol. The molecule has 0 radical (unpaired) electrons. The van der Waals surface area contributed by atoms with Crippen LogP contribution in [0.3, 0.4) is 0 Å². The lowest BCUT2D eigenvalue weighted by Crippen LogP contribution is -2.09. The highest BCUT2D eigenvalue weighted by Crippen LogP contribution is 2.27. The van der Waals surface area contributed by atoms with Crippen LogP contribution in [-0.4, -0.2) is 18.0 Å². The first-order chi connectivity index (χ1) is 7.45. The molecule has 0 saturated carbocycles. The van der Waals surface area contributed by atoms with Gasteiger partial charge in [0.2, 0.25) is 0 Å². The van der Waals surface area contributed by atoms with E-state index in [-0.39, 0.29) is 17.7 Å². The van der Waals surface area contributed by atoms with Crippen molar-refractivity contribution in [1.82, 2.24) is 0 Å². The fourth-order valence-corrected chi connectivity index (χ4v) is 1.18. The summed E-state index contributed by atoms with van der Waals surface area (Å²) >= 11 is 0. The van der Waals surface area contributed by atoms with Crippen molar-refractivity contribution < 1.29 is 18.8 Å². The molecule has 0 aliphatic heterocycles. The molecule has 0 heterocycles. The van der Waals surface area contributed by atoms with Crippen molar-refractivity contribution in [3.63, 3.8) is 0 Å². The Labute approximate surface area is 90.0 Å². The van der Waals surface area contributed by atoms with Crippen molar-refractivity contribution in [2.75, 3.05) is 12.8 Å². The number of hydrogen-bond donors (Lipinski definition) is 1. The van der Waals surface area contributed by atoms with Crippen molar-refractivity contribution in [3.8, 4) is 0 Å². The maximum absolute atomic E-state index is 13.0. The molecule has 86 valence electrons. The normalized spacial score (nSPS) is 9.88. The van der Waals surface area contributed by atoms with Gasteiger partial charge in [-0.25, -0.2) is 4.39 Å². The first kappa shape index (κ1) is 11.9. The van der Waals surface area contributed by atoms with E-state index in [1.807, 2.05) is 0 Å². The van der Waals surface area contributed by atoms with Gasteiger partial charge in [-0.15, -0.1) is 0 Å². The van der Waals surface area contributed by atoms with Crippen LogP contribution in [0.25, 0.3) is 0 Å². The third kappa shape index (κ3) is 2.44. The van der Waals surface area contributed by atoms with Crippen LogP contribution in [-0.2, 0) is 16.0 Å². The quantitative estimate of drug-likeness (QED) is 0.361.